The van der Waals surface area contributed by atoms with Crippen molar-refractivity contribution in [2.24, 2.45) is 29.6 Å². The Labute approximate surface area is 138 Å². The second-order valence-electron chi connectivity index (χ2n) is 7.72. The van der Waals surface area contributed by atoms with Crippen LogP contribution in [0.4, 0.5) is 8.78 Å². The van der Waals surface area contributed by atoms with Gasteiger partial charge >= 0.3 is 0 Å². The van der Waals surface area contributed by atoms with Crippen molar-refractivity contribution >= 4 is 0 Å². The van der Waals surface area contributed by atoms with Crippen LogP contribution in [0.2, 0.25) is 0 Å². The normalized spacial score (nSPS) is 42.6. The lowest BCUT2D eigenvalue weighted by atomic mass is 9.69. The Bertz CT molecular complexity index is 364. The molecule has 0 radical (unpaired) electrons. The number of ether oxygens (including phenoxy) is 2. The third-order valence-corrected chi connectivity index (χ3v) is 6.32. The Balaban J connectivity index is 1.40. The molecule has 2 aliphatic carbocycles. The van der Waals surface area contributed by atoms with E-state index in [9.17, 15) is 8.78 Å². The summed E-state index contributed by atoms with van der Waals surface area (Å²) in [7, 11) is 0. The minimum absolute atomic E-state index is 0.0401. The van der Waals surface area contributed by atoms with Crippen molar-refractivity contribution in [1.29, 1.82) is 0 Å². The van der Waals surface area contributed by atoms with E-state index in [-0.39, 0.29) is 12.2 Å². The van der Waals surface area contributed by atoms with Crippen molar-refractivity contribution in [3.63, 3.8) is 0 Å². The van der Waals surface area contributed by atoms with Crippen molar-refractivity contribution in [3.05, 3.63) is 12.7 Å². The van der Waals surface area contributed by atoms with Crippen LogP contribution in [0.3, 0.4) is 0 Å². The van der Waals surface area contributed by atoms with Crippen molar-refractivity contribution < 1.29 is 18.3 Å². The fraction of sp³-hybridized carbons (Fsp3) is 0.895. The topological polar surface area (TPSA) is 18.5 Å². The summed E-state index contributed by atoms with van der Waals surface area (Å²) in [6.07, 6.45) is 7.93. The quantitative estimate of drug-likeness (QED) is 0.673. The highest BCUT2D eigenvalue weighted by atomic mass is 19.3. The smallest absolute Gasteiger partial charge is 0.241 e. The van der Waals surface area contributed by atoms with Gasteiger partial charge in [-0.3, -0.25) is 0 Å². The summed E-state index contributed by atoms with van der Waals surface area (Å²) in [6.45, 7) is 5.25. The zero-order chi connectivity index (χ0) is 16.2. The van der Waals surface area contributed by atoms with Crippen LogP contribution in [0.1, 0.15) is 51.4 Å². The summed E-state index contributed by atoms with van der Waals surface area (Å²) in [5.74, 6) is 1.89. The molecule has 3 fully saturated rings. The van der Waals surface area contributed by atoms with Crippen LogP contribution in [0.5, 0.6) is 0 Å². The lowest BCUT2D eigenvalue weighted by Gasteiger charge is -2.40. The summed E-state index contributed by atoms with van der Waals surface area (Å²) >= 11 is 0. The van der Waals surface area contributed by atoms with E-state index in [4.69, 9.17) is 9.47 Å². The summed E-state index contributed by atoms with van der Waals surface area (Å²) in [5, 5.41) is 0. The van der Waals surface area contributed by atoms with Crippen LogP contribution in [-0.2, 0) is 9.47 Å². The van der Waals surface area contributed by atoms with Crippen molar-refractivity contribution in [2.45, 2.75) is 64.1 Å². The molecule has 2 saturated carbocycles. The average molecular weight is 328 g/mol. The third kappa shape index (κ3) is 4.33. The Morgan fingerprint density at radius 3 is 1.74 bits per heavy atom. The molecule has 0 N–H and O–H groups in total. The van der Waals surface area contributed by atoms with Gasteiger partial charge in [0.1, 0.15) is 0 Å². The maximum Gasteiger partial charge on any atom is 0.241 e. The molecular weight excluding hydrogens is 298 g/mol. The lowest BCUT2D eigenvalue weighted by Crippen LogP contribution is -2.38. The van der Waals surface area contributed by atoms with E-state index >= 15 is 0 Å². The zero-order valence-corrected chi connectivity index (χ0v) is 14.0. The van der Waals surface area contributed by atoms with E-state index in [1.165, 1.54) is 12.8 Å². The van der Waals surface area contributed by atoms with Gasteiger partial charge in [-0.2, -0.15) is 0 Å². The molecule has 0 spiro atoms. The molecule has 0 amide bonds. The minimum atomic E-state index is -2.12. The number of hydrogen-bond donors (Lipinski definition) is 0. The highest BCUT2D eigenvalue weighted by Gasteiger charge is 2.36. The molecule has 1 aliphatic heterocycles. The molecule has 4 heteroatoms. The molecule has 0 bridgehead atoms. The number of halogens is 2. The highest BCUT2D eigenvalue weighted by Crippen LogP contribution is 2.43. The predicted octanol–water partition coefficient (Wildman–Crippen LogP) is 5.04. The Morgan fingerprint density at radius 2 is 1.26 bits per heavy atom. The van der Waals surface area contributed by atoms with Gasteiger partial charge in [0.15, 0.2) is 6.29 Å². The van der Waals surface area contributed by atoms with Gasteiger partial charge in [0.25, 0.3) is 0 Å². The van der Waals surface area contributed by atoms with Crippen molar-refractivity contribution in [1.82, 2.24) is 0 Å². The lowest BCUT2D eigenvalue weighted by molar-refractivity contribution is -0.223. The fourth-order valence-electron chi connectivity index (χ4n) is 4.70. The van der Waals surface area contributed by atoms with Gasteiger partial charge in [0.2, 0.25) is 6.43 Å². The molecule has 1 heterocycles. The Hall–Kier alpha value is -0.480. The van der Waals surface area contributed by atoms with E-state index in [1.807, 2.05) is 6.08 Å². The molecular formula is C19H30F2O2. The Kier molecular flexibility index (Phi) is 6.08. The summed E-state index contributed by atoms with van der Waals surface area (Å²) in [6, 6.07) is 0. The maximum atomic E-state index is 12.8. The van der Waals surface area contributed by atoms with E-state index in [2.05, 4.69) is 6.58 Å². The number of rotatable bonds is 4. The predicted molar refractivity (Wildman–Crippen MR) is 86.3 cm³/mol. The molecule has 23 heavy (non-hydrogen) atoms. The van der Waals surface area contributed by atoms with E-state index in [0.717, 1.165) is 57.7 Å². The summed E-state index contributed by atoms with van der Waals surface area (Å²) < 4.78 is 37.3. The first-order valence-electron chi connectivity index (χ1n) is 9.31. The average Bonchev–Trinajstić information content (AvgIpc) is 2.62. The molecule has 0 unspecified atom stereocenters. The van der Waals surface area contributed by atoms with Gasteiger partial charge in [-0.05, 0) is 63.2 Å². The minimum Gasteiger partial charge on any atom is -0.352 e. The van der Waals surface area contributed by atoms with Crippen LogP contribution in [0.15, 0.2) is 12.7 Å². The zero-order valence-electron chi connectivity index (χ0n) is 14.0. The SMILES string of the molecule is C=CC1COC(C2CCC(C3CCC(C(F)F)CC3)CC2)OC1. The first kappa shape index (κ1) is 17.3. The van der Waals surface area contributed by atoms with Gasteiger partial charge in [-0.25, -0.2) is 8.78 Å². The molecule has 3 aliphatic rings. The van der Waals surface area contributed by atoms with Gasteiger partial charge in [-0.15, -0.1) is 6.58 Å². The number of hydrogen-bond acceptors (Lipinski definition) is 2. The van der Waals surface area contributed by atoms with Crippen molar-refractivity contribution in [2.75, 3.05) is 13.2 Å². The van der Waals surface area contributed by atoms with Crippen LogP contribution in [-0.4, -0.2) is 25.9 Å². The third-order valence-electron chi connectivity index (χ3n) is 6.32. The summed E-state index contributed by atoms with van der Waals surface area (Å²) in [5.41, 5.74) is 0. The Morgan fingerprint density at radius 1 is 0.783 bits per heavy atom. The summed E-state index contributed by atoms with van der Waals surface area (Å²) in [4.78, 5) is 0. The monoisotopic (exact) mass is 328 g/mol. The molecule has 0 atom stereocenters. The first-order valence-corrected chi connectivity index (χ1v) is 9.31. The van der Waals surface area contributed by atoms with Crippen LogP contribution < -0.4 is 0 Å². The van der Waals surface area contributed by atoms with Crippen LogP contribution in [0.25, 0.3) is 0 Å². The molecule has 1 saturated heterocycles. The second kappa shape index (κ2) is 8.06. The first-order chi connectivity index (χ1) is 11.2. The van der Waals surface area contributed by atoms with Crippen molar-refractivity contribution in [3.8, 4) is 0 Å². The van der Waals surface area contributed by atoms with Gasteiger partial charge < -0.3 is 9.47 Å². The molecule has 0 aromatic heterocycles. The molecule has 132 valence electrons. The highest BCUT2D eigenvalue weighted by molar-refractivity contribution is 4.85. The van der Waals surface area contributed by atoms with E-state index < -0.39 is 6.43 Å². The molecule has 2 nitrogen and oxygen atoms in total. The molecule has 0 aromatic carbocycles. The van der Waals surface area contributed by atoms with E-state index in [1.54, 1.807) is 0 Å². The largest absolute Gasteiger partial charge is 0.352 e. The van der Waals surface area contributed by atoms with E-state index in [0.29, 0.717) is 17.8 Å². The second-order valence-corrected chi connectivity index (χ2v) is 7.72. The standard InChI is InChI=1S/C19H30F2O2/c1-2-13-11-22-19(23-12-13)17-9-5-15(6-10-17)14-3-7-16(8-4-14)18(20)21/h2,13-19H,1,3-12H2. The van der Waals surface area contributed by atoms with Gasteiger partial charge in [-0.1, -0.05) is 6.08 Å². The number of alkyl halides is 2. The molecule has 3 rings (SSSR count). The molecule has 0 aromatic rings. The fourth-order valence-corrected chi connectivity index (χ4v) is 4.70. The van der Waals surface area contributed by atoms with Crippen LogP contribution in [0, 0.1) is 29.6 Å². The van der Waals surface area contributed by atoms with Gasteiger partial charge in [0, 0.05) is 17.8 Å². The van der Waals surface area contributed by atoms with Gasteiger partial charge in [0.05, 0.1) is 13.2 Å². The van der Waals surface area contributed by atoms with Crippen LogP contribution >= 0.6 is 0 Å². The maximum absolute atomic E-state index is 12.8.